The Morgan fingerprint density at radius 1 is 1.42 bits per heavy atom. The summed E-state index contributed by atoms with van der Waals surface area (Å²) in [5, 5.41) is 0.773. The van der Waals surface area contributed by atoms with Gasteiger partial charge in [0.15, 0.2) is 0 Å². The SMILES string of the molecule is Cc1cc(Cl)ccc1C=C(Br)Br. The van der Waals surface area contributed by atoms with Crippen molar-refractivity contribution in [2.75, 3.05) is 0 Å². The van der Waals surface area contributed by atoms with Crippen LogP contribution in [0.1, 0.15) is 11.1 Å². The van der Waals surface area contributed by atoms with Crippen molar-refractivity contribution in [1.82, 2.24) is 0 Å². The van der Waals surface area contributed by atoms with Crippen LogP contribution in [0.3, 0.4) is 0 Å². The molecule has 3 heteroatoms. The molecule has 0 radical (unpaired) electrons. The number of halogens is 3. The number of aryl methyl sites for hydroxylation is 1. The van der Waals surface area contributed by atoms with Crippen LogP contribution in [0, 0.1) is 6.92 Å². The molecule has 0 saturated carbocycles. The van der Waals surface area contributed by atoms with E-state index in [0.717, 1.165) is 14.0 Å². The van der Waals surface area contributed by atoms with Gasteiger partial charge < -0.3 is 0 Å². The average molecular weight is 310 g/mol. The van der Waals surface area contributed by atoms with Crippen LogP contribution in [-0.2, 0) is 0 Å². The lowest BCUT2D eigenvalue weighted by Crippen LogP contribution is -1.79. The minimum atomic E-state index is 0.773. The molecule has 1 rings (SSSR count). The molecule has 0 amide bonds. The van der Waals surface area contributed by atoms with E-state index in [-0.39, 0.29) is 0 Å². The van der Waals surface area contributed by atoms with Crippen molar-refractivity contribution in [3.05, 3.63) is 37.7 Å². The van der Waals surface area contributed by atoms with E-state index in [1.54, 1.807) is 0 Å². The molecule has 0 fully saturated rings. The van der Waals surface area contributed by atoms with E-state index in [1.165, 1.54) is 5.56 Å². The lowest BCUT2D eigenvalue weighted by molar-refractivity contribution is 1.44. The molecule has 0 aromatic heterocycles. The normalized spacial score (nSPS) is 9.67. The molecule has 0 saturated heterocycles. The van der Waals surface area contributed by atoms with Crippen molar-refractivity contribution in [2.24, 2.45) is 0 Å². The molecule has 0 N–H and O–H groups in total. The molecule has 0 aliphatic rings. The summed E-state index contributed by atoms with van der Waals surface area (Å²) in [6.45, 7) is 2.03. The maximum atomic E-state index is 5.81. The molecule has 0 heterocycles. The molecule has 12 heavy (non-hydrogen) atoms. The Balaban J connectivity index is 3.10. The molecular formula is C9H7Br2Cl. The second-order valence-electron chi connectivity index (χ2n) is 2.43. The van der Waals surface area contributed by atoms with E-state index in [1.807, 2.05) is 31.2 Å². The lowest BCUT2D eigenvalue weighted by atomic mass is 10.1. The van der Waals surface area contributed by atoms with Gasteiger partial charge in [-0.15, -0.1) is 0 Å². The van der Waals surface area contributed by atoms with Gasteiger partial charge in [-0.2, -0.15) is 0 Å². The standard InChI is InChI=1S/C9H7Br2Cl/c1-6-4-8(12)3-2-7(6)5-9(10)11/h2-5H,1H3. The molecule has 64 valence electrons. The molecule has 0 bridgehead atoms. The minimum absolute atomic E-state index is 0.773. The number of benzene rings is 1. The van der Waals surface area contributed by atoms with Gasteiger partial charge in [-0.05, 0) is 68.1 Å². The summed E-state index contributed by atoms with van der Waals surface area (Å²) in [4.78, 5) is 0. The monoisotopic (exact) mass is 308 g/mol. The Kier molecular flexibility index (Phi) is 3.81. The van der Waals surface area contributed by atoms with Gasteiger partial charge >= 0.3 is 0 Å². The molecule has 0 atom stereocenters. The summed E-state index contributed by atoms with van der Waals surface area (Å²) in [5.41, 5.74) is 2.32. The maximum absolute atomic E-state index is 5.81. The highest BCUT2D eigenvalue weighted by Gasteiger charge is 1.95. The Morgan fingerprint density at radius 3 is 2.58 bits per heavy atom. The maximum Gasteiger partial charge on any atom is 0.0610 e. The third kappa shape index (κ3) is 2.92. The first-order valence-electron chi connectivity index (χ1n) is 3.38. The van der Waals surface area contributed by atoms with Crippen LogP contribution in [0.25, 0.3) is 6.08 Å². The summed E-state index contributed by atoms with van der Waals surface area (Å²) in [6, 6.07) is 5.81. The van der Waals surface area contributed by atoms with E-state index in [2.05, 4.69) is 31.9 Å². The summed E-state index contributed by atoms with van der Waals surface area (Å²) >= 11 is 12.4. The summed E-state index contributed by atoms with van der Waals surface area (Å²) in [6.07, 6.45) is 1.99. The Hall–Kier alpha value is 0.210. The van der Waals surface area contributed by atoms with Crippen LogP contribution < -0.4 is 0 Å². The zero-order valence-electron chi connectivity index (χ0n) is 6.44. The average Bonchev–Trinajstić information content (AvgIpc) is 1.94. The van der Waals surface area contributed by atoms with Gasteiger partial charge in [0.2, 0.25) is 0 Å². The molecule has 0 aliphatic carbocycles. The fourth-order valence-corrected chi connectivity index (χ4v) is 1.64. The van der Waals surface area contributed by atoms with Crippen molar-refractivity contribution in [2.45, 2.75) is 6.92 Å². The molecule has 0 unspecified atom stereocenters. The first kappa shape index (κ1) is 10.3. The van der Waals surface area contributed by atoms with Crippen LogP contribution in [-0.4, -0.2) is 0 Å². The highest BCUT2D eigenvalue weighted by Crippen LogP contribution is 2.22. The van der Waals surface area contributed by atoms with Crippen molar-refractivity contribution in [3.63, 3.8) is 0 Å². The molecule has 0 spiro atoms. The van der Waals surface area contributed by atoms with E-state index < -0.39 is 0 Å². The van der Waals surface area contributed by atoms with Crippen molar-refractivity contribution in [1.29, 1.82) is 0 Å². The Labute approximate surface area is 93.9 Å². The highest BCUT2D eigenvalue weighted by molar-refractivity contribution is 9.28. The third-order valence-electron chi connectivity index (χ3n) is 1.50. The molecule has 0 nitrogen and oxygen atoms in total. The third-order valence-corrected chi connectivity index (χ3v) is 2.19. The zero-order chi connectivity index (χ0) is 9.14. The molecular weight excluding hydrogens is 303 g/mol. The Bertz CT molecular complexity index is 314. The van der Waals surface area contributed by atoms with Crippen molar-refractivity contribution < 1.29 is 0 Å². The highest BCUT2D eigenvalue weighted by atomic mass is 79.9. The van der Waals surface area contributed by atoms with E-state index >= 15 is 0 Å². The van der Waals surface area contributed by atoms with Gasteiger partial charge in [-0.25, -0.2) is 0 Å². The van der Waals surface area contributed by atoms with E-state index in [9.17, 15) is 0 Å². The zero-order valence-corrected chi connectivity index (χ0v) is 10.4. The molecule has 1 aromatic rings. The van der Waals surface area contributed by atoms with Crippen molar-refractivity contribution in [3.8, 4) is 0 Å². The van der Waals surface area contributed by atoms with Gasteiger partial charge in [-0.3, -0.25) is 0 Å². The number of hydrogen-bond donors (Lipinski definition) is 0. The summed E-state index contributed by atoms with van der Waals surface area (Å²) in [7, 11) is 0. The topological polar surface area (TPSA) is 0 Å². The fourth-order valence-electron chi connectivity index (χ4n) is 0.919. The van der Waals surface area contributed by atoms with Gasteiger partial charge in [0, 0.05) is 5.02 Å². The number of hydrogen-bond acceptors (Lipinski definition) is 0. The van der Waals surface area contributed by atoms with Crippen LogP contribution in [0.2, 0.25) is 5.02 Å². The van der Waals surface area contributed by atoms with Gasteiger partial charge in [0.25, 0.3) is 0 Å². The number of rotatable bonds is 1. The predicted octanol–water partition coefficient (Wildman–Crippen LogP) is 4.74. The van der Waals surface area contributed by atoms with E-state index in [0.29, 0.717) is 0 Å². The lowest BCUT2D eigenvalue weighted by Gasteiger charge is -1.99. The Morgan fingerprint density at radius 2 is 2.08 bits per heavy atom. The first-order valence-corrected chi connectivity index (χ1v) is 5.35. The van der Waals surface area contributed by atoms with Gasteiger partial charge in [0.1, 0.15) is 0 Å². The molecule has 1 aromatic carbocycles. The van der Waals surface area contributed by atoms with Gasteiger partial charge in [-0.1, -0.05) is 17.7 Å². The van der Waals surface area contributed by atoms with Gasteiger partial charge in [0.05, 0.1) is 3.39 Å². The van der Waals surface area contributed by atoms with Crippen molar-refractivity contribution >= 4 is 49.5 Å². The first-order chi connectivity index (χ1) is 5.59. The quantitative estimate of drug-likeness (QED) is 0.703. The fraction of sp³-hybridized carbons (Fsp3) is 0.111. The molecule has 0 aliphatic heterocycles. The van der Waals surface area contributed by atoms with Crippen LogP contribution in [0.4, 0.5) is 0 Å². The van der Waals surface area contributed by atoms with Crippen LogP contribution in [0.5, 0.6) is 0 Å². The minimum Gasteiger partial charge on any atom is -0.0843 e. The second kappa shape index (κ2) is 4.45. The largest absolute Gasteiger partial charge is 0.0843 e. The predicted molar refractivity (Wildman–Crippen MR) is 62.0 cm³/mol. The smallest absolute Gasteiger partial charge is 0.0610 e. The summed E-state index contributed by atoms with van der Waals surface area (Å²) in [5.74, 6) is 0. The summed E-state index contributed by atoms with van der Waals surface area (Å²) < 4.78 is 0.931. The van der Waals surface area contributed by atoms with Crippen LogP contribution >= 0.6 is 43.5 Å². The second-order valence-corrected chi connectivity index (χ2v) is 5.64. The van der Waals surface area contributed by atoms with Crippen LogP contribution in [0.15, 0.2) is 21.6 Å². The van der Waals surface area contributed by atoms with E-state index in [4.69, 9.17) is 11.6 Å².